The normalized spacial score (nSPS) is 15.4. The van der Waals surface area contributed by atoms with E-state index in [1.54, 1.807) is 6.20 Å². The van der Waals surface area contributed by atoms with Crippen molar-refractivity contribution in [3.63, 3.8) is 0 Å². The quantitative estimate of drug-likeness (QED) is 0.648. The lowest BCUT2D eigenvalue weighted by Gasteiger charge is -2.17. The van der Waals surface area contributed by atoms with Crippen LogP contribution in [0.2, 0.25) is 0 Å². The van der Waals surface area contributed by atoms with Gasteiger partial charge in [0.15, 0.2) is 11.5 Å². The molecule has 1 amide bonds. The Morgan fingerprint density at radius 2 is 1.84 bits per heavy atom. The van der Waals surface area contributed by atoms with E-state index < -0.39 is 5.41 Å². The highest BCUT2D eigenvalue weighted by atomic mass is 16.7. The summed E-state index contributed by atoms with van der Waals surface area (Å²) in [5, 5.41) is 3.07. The van der Waals surface area contributed by atoms with Gasteiger partial charge >= 0.3 is 0 Å². The number of nitrogens with two attached hydrogens (primary N) is 1. The van der Waals surface area contributed by atoms with Crippen LogP contribution in [0.5, 0.6) is 11.5 Å². The van der Waals surface area contributed by atoms with Gasteiger partial charge in [-0.1, -0.05) is 36.9 Å². The molecular formula is C25H23N3O3. The van der Waals surface area contributed by atoms with Gasteiger partial charge in [0.1, 0.15) is 0 Å². The molecule has 0 atom stereocenters. The van der Waals surface area contributed by atoms with Crippen molar-refractivity contribution in [2.24, 2.45) is 5.73 Å². The van der Waals surface area contributed by atoms with E-state index in [-0.39, 0.29) is 12.7 Å². The minimum absolute atomic E-state index is 0.0299. The molecular weight excluding hydrogens is 390 g/mol. The average molecular weight is 413 g/mol. The SMILES string of the molecule is C=C(N)c1ccc(-c2cc(NC(=O)C3(c4ccc5c(c4)OCO5)CC3)cnc2C)cc1. The van der Waals surface area contributed by atoms with Crippen molar-refractivity contribution in [1.82, 2.24) is 4.98 Å². The molecule has 1 aliphatic carbocycles. The monoisotopic (exact) mass is 413 g/mol. The Morgan fingerprint density at radius 3 is 2.55 bits per heavy atom. The molecule has 3 aromatic rings. The number of hydrogen-bond donors (Lipinski definition) is 2. The lowest BCUT2D eigenvalue weighted by molar-refractivity contribution is -0.118. The van der Waals surface area contributed by atoms with Gasteiger partial charge in [0.2, 0.25) is 12.7 Å². The highest BCUT2D eigenvalue weighted by Crippen LogP contribution is 2.51. The number of amides is 1. The third-order valence-corrected chi connectivity index (χ3v) is 6.02. The zero-order valence-electron chi connectivity index (χ0n) is 17.3. The molecule has 5 rings (SSSR count). The van der Waals surface area contributed by atoms with Crippen LogP contribution in [0.25, 0.3) is 16.8 Å². The number of anilines is 1. The molecule has 3 N–H and O–H groups in total. The lowest BCUT2D eigenvalue weighted by Crippen LogP contribution is -2.27. The fourth-order valence-electron chi connectivity index (χ4n) is 3.97. The summed E-state index contributed by atoms with van der Waals surface area (Å²) in [5.41, 5.74) is 11.1. The first-order valence-electron chi connectivity index (χ1n) is 10.2. The molecule has 1 fully saturated rings. The maximum Gasteiger partial charge on any atom is 0.235 e. The van der Waals surface area contributed by atoms with E-state index in [2.05, 4.69) is 16.9 Å². The predicted molar refractivity (Wildman–Crippen MR) is 120 cm³/mol. The zero-order valence-corrected chi connectivity index (χ0v) is 17.3. The summed E-state index contributed by atoms with van der Waals surface area (Å²) in [5.74, 6) is 1.38. The number of aromatic nitrogens is 1. The molecule has 0 bridgehead atoms. The second-order valence-corrected chi connectivity index (χ2v) is 8.06. The number of ether oxygens (including phenoxy) is 2. The lowest BCUT2D eigenvalue weighted by atomic mass is 9.94. The molecule has 1 aliphatic heterocycles. The molecule has 1 saturated carbocycles. The number of benzene rings is 2. The van der Waals surface area contributed by atoms with Gasteiger partial charge in [0.25, 0.3) is 0 Å². The molecule has 1 aromatic heterocycles. The smallest absolute Gasteiger partial charge is 0.235 e. The van der Waals surface area contributed by atoms with Gasteiger partial charge in [0.05, 0.1) is 17.3 Å². The minimum Gasteiger partial charge on any atom is -0.454 e. The number of rotatable bonds is 5. The molecule has 2 heterocycles. The Balaban J connectivity index is 1.39. The van der Waals surface area contributed by atoms with Gasteiger partial charge in [0, 0.05) is 17.0 Å². The van der Waals surface area contributed by atoms with Crippen molar-refractivity contribution in [1.29, 1.82) is 0 Å². The Labute approximate surface area is 180 Å². The molecule has 0 unspecified atom stereocenters. The first-order chi connectivity index (χ1) is 15.0. The Morgan fingerprint density at radius 1 is 1.10 bits per heavy atom. The number of carbonyl (C=O) groups is 1. The molecule has 6 nitrogen and oxygen atoms in total. The summed E-state index contributed by atoms with van der Waals surface area (Å²) in [6, 6.07) is 15.5. The number of hydrogen-bond acceptors (Lipinski definition) is 5. The fourth-order valence-corrected chi connectivity index (χ4v) is 3.97. The highest BCUT2D eigenvalue weighted by Gasteiger charge is 2.51. The summed E-state index contributed by atoms with van der Waals surface area (Å²) in [7, 11) is 0. The largest absolute Gasteiger partial charge is 0.454 e. The van der Waals surface area contributed by atoms with Crippen LogP contribution in [-0.2, 0) is 10.2 Å². The van der Waals surface area contributed by atoms with E-state index in [0.29, 0.717) is 17.1 Å². The molecule has 31 heavy (non-hydrogen) atoms. The summed E-state index contributed by atoms with van der Waals surface area (Å²) in [6.07, 6.45) is 3.30. The molecule has 6 heteroatoms. The fraction of sp³-hybridized carbons (Fsp3) is 0.200. The van der Waals surface area contributed by atoms with Gasteiger partial charge in [-0.2, -0.15) is 0 Å². The van der Waals surface area contributed by atoms with Gasteiger partial charge in [-0.15, -0.1) is 0 Å². The topological polar surface area (TPSA) is 86.5 Å². The summed E-state index contributed by atoms with van der Waals surface area (Å²) < 4.78 is 10.9. The standard InChI is InChI=1S/C25H23N3O3/c1-15(26)17-3-5-18(6-4-17)21-12-20(13-27-16(21)2)28-24(29)25(9-10-25)19-7-8-22-23(11-19)31-14-30-22/h3-8,11-13H,1,9-10,14,26H2,2H3,(H,28,29). The minimum atomic E-state index is -0.533. The van der Waals surface area contributed by atoms with Crippen LogP contribution in [-0.4, -0.2) is 17.7 Å². The zero-order chi connectivity index (χ0) is 21.6. The summed E-state index contributed by atoms with van der Waals surface area (Å²) >= 11 is 0. The molecule has 2 aliphatic rings. The van der Waals surface area contributed by atoms with Crippen LogP contribution in [0.3, 0.4) is 0 Å². The van der Waals surface area contributed by atoms with Gasteiger partial charge in [-0.25, -0.2) is 0 Å². The first-order valence-corrected chi connectivity index (χ1v) is 10.2. The maximum atomic E-state index is 13.2. The van der Waals surface area contributed by atoms with Crippen LogP contribution in [0.4, 0.5) is 5.69 Å². The van der Waals surface area contributed by atoms with E-state index in [9.17, 15) is 4.79 Å². The van der Waals surface area contributed by atoms with Gasteiger partial charge < -0.3 is 20.5 Å². The Kier molecular flexibility index (Phi) is 4.43. The third kappa shape index (κ3) is 3.40. The van der Waals surface area contributed by atoms with Crippen LogP contribution in [0.1, 0.15) is 29.7 Å². The highest BCUT2D eigenvalue weighted by molar-refractivity contribution is 6.01. The van der Waals surface area contributed by atoms with Gasteiger partial charge in [-0.05, 0) is 54.7 Å². The number of aryl methyl sites for hydroxylation is 1. The van der Waals surface area contributed by atoms with E-state index in [1.165, 1.54) is 0 Å². The van der Waals surface area contributed by atoms with E-state index in [1.807, 2.05) is 55.5 Å². The van der Waals surface area contributed by atoms with Crippen LogP contribution >= 0.6 is 0 Å². The number of nitrogens with zero attached hydrogens (tertiary/aromatic N) is 1. The van der Waals surface area contributed by atoms with Crippen LogP contribution in [0.15, 0.2) is 61.3 Å². The van der Waals surface area contributed by atoms with E-state index in [4.69, 9.17) is 15.2 Å². The summed E-state index contributed by atoms with van der Waals surface area (Å²) in [4.78, 5) is 17.7. The number of nitrogens with one attached hydrogen (secondary N) is 1. The maximum absolute atomic E-state index is 13.2. The van der Waals surface area contributed by atoms with Crippen molar-refractivity contribution >= 4 is 17.3 Å². The molecule has 0 radical (unpaired) electrons. The molecule has 0 saturated heterocycles. The van der Waals surface area contributed by atoms with Crippen molar-refractivity contribution in [3.05, 3.63) is 78.1 Å². The van der Waals surface area contributed by atoms with Crippen molar-refractivity contribution in [3.8, 4) is 22.6 Å². The first kappa shape index (κ1) is 19.2. The molecule has 0 spiro atoms. The summed E-state index contributed by atoms with van der Waals surface area (Å²) in [6.45, 7) is 5.94. The van der Waals surface area contributed by atoms with Crippen molar-refractivity contribution < 1.29 is 14.3 Å². The van der Waals surface area contributed by atoms with Crippen molar-refractivity contribution in [2.45, 2.75) is 25.2 Å². The van der Waals surface area contributed by atoms with E-state index >= 15 is 0 Å². The number of carbonyl (C=O) groups excluding carboxylic acids is 1. The number of pyridine rings is 1. The average Bonchev–Trinajstić information content (AvgIpc) is 3.46. The van der Waals surface area contributed by atoms with Crippen LogP contribution < -0.4 is 20.5 Å². The second-order valence-electron chi connectivity index (χ2n) is 8.06. The predicted octanol–water partition coefficient (Wildman–Crippen LogP) is 4.39. The van der Waals surface area contributed by atoms with Crippen LogP contribution in [0, 0.1) is 6.92 Å². The molecule has 2 aromatic carbocycles. The Bertz CT molecular complexity index is 1200. The molecule has 156 valence electrons. The van der Waals surface area contributed by atoms with Gasteiger partial charge in [-0.3, -0.25) is 9.78 Å². The second kappa shape index (κ2) is 7.16. The van der Waals surface area contributed by atoms with Crippen molar-refractivity contribution in [2.75, 3.05) is 12.1 Å². The third-order valence-electron chi connectivity index (χ3n) is 6.02. The number of fused-ring (bicyclic) bond motifs is 1. The Hall–Kier alpha value is -3.80. The van der Waals surface area contributed by atoms with E-state index in [0.717, 1.165) is 46.5 Å².